The molecule has 0 aliphatic carbocycles. The fourth-order valence-corrected chi connectivity index (χ4v) is 11.1. The molecule has 4 bridgehead atoms. The van der Waals surface area contributed by atoms with Crippen molar-refractivity contribution in [2.24, 2.45) is 5.92 Å². The van der Waals surface area contributed by atoms with Crippen molar-refractivity contribution in [3.63, 3.8) is 0 Å². The number of likely N-dealkylation sites (N-methyl/N-ethyl adjacent to an activating group) is 1. The smallest absolute Gasteiger partial charge is 0.409 e. The first-order valence-corrected chi connectivity index (χ1v) is 24.8. The van der Waals surface area contributed by atoms with Crippen LogP contribution in [-0.2, 0) is 59.0 Å². The maximum absolute atomic E-state index is 14.3. The Kier molecular flexibility index (Phi) is 17.9. The predicted molar refractivity (Wildman–Crippen MR) is 251 cm³/mol. The number of hydrogen-bond donors (Lipinski definition) is 2. The van der Waals surface area contributed by atoms with Gasteiger partial charge in [-0.3, -0.25) is 24.5 Å². The van der Waals surface area contributed by atoms with Crippen LogP contribution in [0.25, 0.3) is 0 Å². The Morgan fingerprint density at radius 3 is 2.45 bits per heavy atom. The van der Waals surface area contributed by atoms with Crippen LogP contribution in [-0.4, -0.2) is 137 Å². The Bertz CT molecular complexity index is 2120. The van der Waals surface area contributed by atoms with Crippen molar-refractivity contribution < 1.29 is 67.2 Å². The van der Waals surface area contributed by atoms with Crippen LogP contribution < -0.4 is 15.0 Å². The number of rotatable bonds is 15. The highest BCUT2D eigenvalue weighted by Crippen LogP contribution is 2.49. The van der Waals surface area contributed by atoms with E-state index in [2.05, 4.69) is 5.32 Å². The fraction of sp³-hybridized carbons (Fsp3) is 0.630. The van der Waals surface area contributed by atoms with Crippen LogP contribution in [0.15, 0.2) is 35.9 Å². The molecule has 21 heteroatoms. The summed E-state index contributed by atoms with van der Waals surface area (Å²) in [5.74, 6) is -2.94. The van der Waals surface area contributed by atoms with Gasteiger partial charge in [0.2, 0.25) is 11.8 Å². The lowest BCUT2D eigenvalue weighted by molar-refractivity contribution is -0.197. The first-order valence-electron chi connectivity index (χ1n) is 22.2. The third-order valence-electron chi connectivity index (χ3n) is 12.6. The van der Waals surface area contributed by atoms with Crippen LogP contribution in [0.5, 0.6) is 5.75 Å². The average Bonchev–Trinajstić information content (AvgIpc) is 3.88. The summed E-state index contributed by atoms with van der Waals surface area (Å²) in [6.45, 7) is 10.9. The molecule has 4 heterocycles. The number of hydrogen-bond acceptors (Lipinski definition) is 16. The van der Waals surface area contributed by atoms with Gasteiger partial charge in [0.05, 0.1) is 25.3 Å². The first-order chi connectivity index (χ1) is 31.4. The van der Waals surface area contributed by atoms with Gasteiger partial charge in [0.1, 0.15) is 40.7 Å². The van der Waals surface area contributed by atoms with E-state index in [1.807, 2.05) is 26.8 Å². The number of allylic oxidation sites excluding steroid dienone is 3. The van der Waals surface area contributed by atoms with Crippen LogP contribution >= 0.6 is 33.2 Å². The number of nitrogens with one attached hydrogen (secondary N) is 1. The number of aliphatic hydroxyl groups is 1. The molecule has 4 aliphatic rings. The van der Waals surface area contributed by atoms with E-state index in [0.717, 1.165) is 11.1 Å². The van der Waals surface area contributed by atoms with Crippen LogP contribution in [0.2, 0.25) is 5.02 Å². The summed E-state index contributed by atoms with van der Waals surface area (Å²) in [5.41, 5.74) is -1.09. The zero-order valence-electron chi connectivity index (χ0n) is 39.7. The third-order valence-corrected chi connectivity index (χ3v) is 16.4. The lowest BCUT2D eigenvalue weighted by atomic mass is 9.83. The zero-order chi connectivity index (χ0) is 49.6. The van der Waals surface area contributed by atoms with Gasteiger partial charge in [-0.15, -0.1) is 5.06 Å². The van der Waals surface area contributed by atoms with Crippen LogP contribution in [0.4, 0.5) is 10.5 Å². The zero-order valence-corrected chi connectivity index (χ0v) is 42.1. The van der Waals surface area contributed by atoms with E-state index >= 15 is 0 Å². The number of fused-ring (bicyclic) bond motifs is 5. The highest BCUT2D eigenvalue weighted by Gasteiger charge is 2.64. The van der Waals surface area contributed by atoms with Gasteiger partial charge in [-0.2, -0.15) is 0 Å². The maximum Gasteiger partial charge on any atom is 0.409 e. The molecule has 1 aromatic carbocycles. The van der Waals surface area contributed by atoms with Crippen molar-refractivity contribution in [2.45, 2.75) is 146 Å². The minimum atomic E-state index is -1.86. The van der Waals surface area contributed by atoms with Gasteiger partial charge in [-0.05, 0) is 71.6 Å². The molecule has 0 saturated carbocycles. The number of carbonyl (C=O) groups excluding carboxylic acids is 7. The number of anilines is 1. The number of carbonyl (C=O) groups is 7. The predicted octanol–water partition coefficient (Wildman–Crippen LogP) is 5.84. The topological polar surface area (TPSA) is 220 Å². The Labute approximate surface area is 404 Å². The van der Waals surface area contributed by atoms with Gasteiger partial charge in [0.25, 0.3) is 11.8 Å². The van der Waals surface area contributed by atoms with Crippen molar-refractivity contribution in [2.75, 3.05) is 39.0 Å². The standard InChI is InChI=1S/C46H63ClN4O14S2/c1-26-13-11-14-33(61-10)46(59)25-32(62-43(58)48-46)27(2)41-45(6,64-41)34(24-38(55)50(8)30-22-29(21-26)23-31(60-9)40(30)47)63-42(57)28(3)49(7)35(52)18-19-44(4,5)67-66-20-12-15-39(56)65-51-36(53)16-17-37(51)54/h11,13-14,22-23,27-28,32-34,41,59H,12,15-21,24-25H2,1-10H3,(H,48,58)/b14-11+,26-13+/t27-,28+,32+,33-,34+,41-,45+,46+/m1/s1. The second-order valence-corrected chi connectivity index (χ2v) is 21.7. The average molecular weight is 996 g/mol. The summed E-state index contributed by atoms with van der Waals surface area (Å²) in [7, 11) is 9.02. The Morgan fingerprint density at radius 1 is 1.10 bits per heavy atom. The molecule has 5 rings (SSSR count). The van der Waals surface area contributed by atoms with Gasteiger partial charge < -0.3 is 43.4 Å². The maximum atomic E-state index is 14.3. The van der Waals surface area contributed by atoms with E-state index in [0.29, 0.717) is 41.5 Å². The van der Waals surface area contributed by atoms with Gasteiger partial charge in [0, 0.05) is 69.7 Å². The summed E-state index contributed by atoms with van der Waals surface area (Å²) in [6.07, 6.45) is 1.65. The number of epoxide rings is 1. The molecule has 3 fully saturated rings. The second kappa shape index (κ2) is 22.4. The van der Waals surface area contributed by atoms with Gasteiger partial charge >= 0.3 is 18.0 Å². The first kappa shape index (κ1) is 53.6. The molecule has 0 spiro atoms. The van der Waals surface area contributed by atoms with Gasteiger partial charge in [0.15, 0.2) is 5.72 Å². The van der Waals surface area contributed by atoms with E-state index in [9.17, 15) is 38.7 Å². The van der Waals surface area contributed by atoms with Gasteiger partial charge in [-0.1, -0.05) is 63.9 Å². The van der Waals surface area contributed by atoms with E-state index < -0.39 is 83.5 Å². The minimum absolute atomic E-state index is 0.0240. The van der Waals surface area contributed by atoms with E-state index in [1.165, 1.54) is 48.8 Å². The highest BCUT2D eigenvalue weighted by atomic mass is 35.5. The molecule has 370 valence electrons. The Morgan fingerprint density at radius 2 is 1.79 bits per heavy atom. The van der Waals surface area contributed by atoms with E-state index in [1.54, 1.807) is 56.0 Å². The summed E-state index contributed by atoms with van der Waals surface area (Å²) < 4.78 is 29.1. The van der Waals surface area contributed by atoms with Gasteiger partial charge in [-0.25, -0.2) is 14.4 Å². The number of hydroxylamine groups is 2. The Balaban J connectivity index is 1.28. The number of benzene rings is 1. The molecule has 18 nitrogen and oxygen atoms in total. The number of imide groups is 1. The number of halogens is 1. The molecule has 0 radical (unpaired) electrons. The number of nitrogens with zero attached hydrogens (tertiary/aromatic N) is 3. The van der Waals surface area contributed by atoms with Crippen molar-refractivity contribution in [1.29, 1.82) is 0 Å². The van der Waals surface area contributed by atoms with Crippen LogP contribution in [0, 0.1) is 5.92 Å². The molecular formula is C46H63ClN4O14S2. The molecule has 8 atom stereocenters. The van der Waals surface area contributed by atoms with Crippen LogP contribution in [0.1, 0.15) is 98.5 Å². The molecule has 0 aromatic heterocycles. The Hall–Kier alpha value is -4.34. The van der Waals surface area contributed by atoms with Crippen molar-refractivity contribution in [1.82, 2.24) is 15.3 Å². The molecule has 2 N–H and O–H groups in total. The molecular weight excluding hydrogens is 932 g/mol. The van der Waals surface area contributed by atoms with Crippen LogP contribution in [0.3, 0.4) is 0 Å². The molecule has 4 aliphatic heterocycles. The number of methoxy groups -OCH3 is 2. The largest absolute Gasteiger partial charge is 0.495 e. The summed E-state index contributed by atoms with van der Waals surface area (Å²) in [4.78, 5) is 98.1. The van der Waals surface area contributed by atoms with Crippen molar-refractivity contribution >= 4 is 80.5 Å². The molecule has 0 unspecified atom stereocenters. The summed E-state index contributed by atoms with van der Waals surface area (Å²) in [5, 5.41) is 15.1. The van der Waals surface area contributed by atoms with Crippen molar-refractivity contribution in [3.8, 4) is 5.75 Å². The van der Waals surface area contributed by atoms with E-state index in [4.69, 9.17) is 40.1 Å². The van der Waals surface area contributed by atoms with E-state index in [-0.39, 0.29) is 54.2 Å². The lowest BCUT2D eigenvalue weighted by Crippen LogP contribution is -2.63. The molecule has 67 heavy (non-hydrogen) atoms. The number of esters is 1. The third kappa shape index (κ3) is 13.3. The molecule has 5 amide bonds. The monoisotopic (exact) mass is 994 g/mol. The summed E-state index contributed by atoms with van der Waals surface area (Å²) in [6, 6.07) is 2.48. The fourth-order valence-electron chi connectivity index (χ4n) is 8.13. The minimum Gasteiger partial charge on any atom is -0.495 e. The molecule has 1 aromatic rings. The number of amides is 5. The number of alkyl carbamates (subject to hydrolysis) is 1. The summed E-state index contributed by atoms with van der Waals surface area (Å²) >= 11 is 6.81. The molecule has 3 saturated heterocycles. The number of ether oxygens (including phenoxy) is 5. The SMILES string of the molecule is COc1cc2cc(c1Cl)N(C)C(=O)C[C@H](OC(=O)[C@H](C)N(C)C(=O)CCC(C)(C)SSCCCC(=O)ON1C(=O)CCC1=O)[C@]1(C)O[C@@H]1[C@H](C)[C@@H]1C[C@@](O)(NC(=O)O1)[C@H](OC)/C=C/C=C(\C)C2. The highest BCUT2D eigenvalue weighted by molar-refractivity contribution is 8.77. The normalized spacial score (nSPS) is 28.6. The van der Waals surface area contributed by atoms with Crippen molar-refractivity contribution in [3.05, 3.63) is 46.5 Å². The lowest BCUT2D eigenvalue weighted by Gasteiger charge is -2.42. The second-order valence-electron chi connectivity index (χ2n) is 18.2. The quantitative estimate of drug-likeness (QED) is 0.0693.